The van der Waals surface area contributed by atoms with Gasteiger partial charge >= 0.3 is 0 Å². The number of likely N-dealkylation sites (N-methyl/N-ethyl adjacent to an activating group) is 1. The summed E-state index contributed by atoms with van der Waals surface area (Å²) in [5.74, 6) is -0.337. The van der Waals surface area contributed by atoms with Crippen LogP contribution in [0.1, 0.15) is 35.8 Å². The van der Waals surface area contributed by atoms with Crippen LogP contribution in [-0.2, 0) is 4.79 Å². The van der Waals surface area contributed by atoms with Gasteiger partial charge in [-0.05, 0) is 52.6 Å². The second-order valence-corrected chi connectivity index (χ2v) is 6.57. The SMILES string of the molecule is Cc1ccc(NC(=O)CN(C)C)cc1NC(=O)c1cnn(C(C)C)c1. The van der Waals surface area contributed by atoms with Gasteiger partial charge < -0.3 is 15.5 Å². The van der Waals surface area contributed by atoms with E-state index in [1.807, 2.05) is 47.0 Å². The van der Waals surface area contributed by atoms with E-state index in [1.54, 1.807) is 28.0 Å². The van der Waals surface area contributed by atoms with Crippen LogP contribution >= 0.6 is 0 Å². The number of aryl methyl sites for hydroxylation is 1. The number of rotatable bonds is 6. The Hall–Kier alpha value is -2.67. The largest absolute Gasteiger partial charge is 0.325 e. The van der Waals surface area contributed by atoms with Gasteiger partial charge in [-0.3, -0.25) is 14.3 Å². The minimum atomic E-state index is -0.230. The molecule has 0 atom stereocenters. The highest BCUT2D eigenvalue weighted by Crippen LogP contribution is 2.21. The number of carbonyl (C=O) groups excluding carboxylic acids is 2. The molecule has 2 amide bonds. The Morgan fingerprint density at radius 1 is 1.24 bits per heavy atom. The number of anilines is 2. The lowest BCUT2D eigenvalue weighted by Gasteiger charge is -2.13. The van der Waals surface area contributed by atoms with Gasteiger partial charge in [0.2, 0.25) is 5.91 Å². The summed E-state index contributed by atoms with van der Waals surface area (Å²) in [6.07, 6.45) is 3.27. The Morgan fingerprint density at radius 2 is 1.96 bits per heavy atom. The van der Waals surface area contributed by atoms with E-state index in [1.165, 1.54) is 0 Å². The van der Waals surface area contributed by atoms with Crippen molar-refractivity contribution < 1.29 is 9.59 Å². The van der Waals surface area contributed by atoms with Crippen molar-refractivity contribution in [2.75, 3.05) is 31.3 Å². The van der Waals surface area contributed by atoms with Gasteiger partial charge in [-0.15, -0.1) is 0 Å². The summed E-state index contributed by atoms with van der Waals surface area (Å²) < 4.78 is 1.74. The van der Waals surface area contributed by atoms with E-state index in [0.29, 0.717) is 23.5 Å². The van der Waals surface area contributed by atoms with E-state index < -0.39 is 0 Å². The smallest absolute Gasteiger partial charge is 0.258 e. The average Bonchev–Trinajstić information content (AvgIpc) is 3.00. The van der Waals surface area contributed by atoms with E-state index in [2.05, 4.69) is 15.7 Å². The van der Waals surface area contributed by atoms with Crippen LogP contribution in [0.3, 0.4) is 0 Å². The van der Waals surface area contributed by atoms with Crippen molar-refractivity contribution in [3.8, 4) is 0 Å². The van der Waals surface area contributed by atoms with E-state index >= 15 is 0 Å². The quantitative estimate of drug-likeness (QED) is 0.845. The lowest BCUT2D eigenvalue weighted by atomic mass is 10.1. The van der Waals surface area contributed by atoms with E-state index in [-0.39, 0.29) is 17.9 Å². The first-order valence-corrected chi connectivity index (χ1v) is 8.17. The molecule has 7 heteroatoms. The number of benzene rings is 1. The van der Waals surface area contributed by atoms with Gasteiger partial charge in [-0.1, -0.05) is 6.07 Å². The lowest BCUT2D eigenvalue weighted by molar-refractivity contribution is -0.116. The first-order chi connectivity index (χ1) is 11.8. The van der Waals surface area contributed by atoms with Crippen molar-refractivity contribution in [1.82, 2.24) is 14.7 Å². The van der Waals surface area contributed by atoms with Gasteiger partial charge in [0.05, 0.1) is 18.3 Å². The molecule has 1 aromatic carbocycles. The van der Waals surface area contributed by atoms with Gasteiger partial charge in [0.25, 0.3) is 5.91 Å². The van der Waals surface area contributed by atoms with Gasteiger partial charge in [-0.25, -0.2) is 0 Å². The van der Waals surface area contributed by atoms with Crippen LogP contribution in [0.2, 0.25) is 0 Å². The highest BCUT2D eigenvalue weighted by Gasteiger charge is 2.12. The second kappa shape index (κ2) is 7.94. The summed E-state index contributed by atoms with van der Waals surface area (Å²) in [7, 11) is 3.66. The molecule has 2 N–H and O–H groups in total. The molecule has 0 unspecified atom stereocenters. The van der Waals surface area contributed by atoms with Crippen molar-refractivity contribution >= 4 is 23.2 Å². The molecule has 0 saturated heterocycles. The molecule has 0 fully saturated rings. The molecule has 0 aliphatic heterocycles. The molecule has 0 radical (unpaired) electrons. The minimum absolute atomic E-state index is 0.107. The fraction of sp³-hybridized carbons (Fsp3) is 0.389. The number of nitrogens with one attached hydrogen (secondary N) is 2. The zero-order chi connectivity index (χ0) is 18.6. The Kier molecular flexibility index (Phi) is 5.93. The standard InChI is InChI=1S/C18H25N5O2/c1-12(2)23-10-14(9-19-23)18(25)21-16-8-15(7-6-13(16)3)20-17(24)11-22(4)5/h6-10,12H,11H2,1-5H3,(H,20,24)(H,21,25). The van der Waals surface area contributed by atoms with Gasteiger partial charge in [0, 0.05) is 23.6 Å². The zero-order valence-corrected chi connectivity index (χ0v) is 15.3. The van der Waals surface area contributed by atoms with Crippen molar-refractivity contribution in [3.05, 3.63) is 41.7 Å². The lowest BCUT2D eigenvalue weighted by Crippen LogP contribution is -2.27. The number of carbonyl (C=O) groups is 2. The van der Waals surface area contributed by atoms with E-state index in [0.717, 1.165) is 5.56 Å². The van der Waals surface area contributed by atoms with E-state index in [4.69, 9.17) is 0 Å². The van der Waals surface area contributed by atoms with Crippen LogP contribution in [0.15, 0.2) is 30.6 Å². The maximum atomic E-state index is 12.4. The molecule has 2 rings (SSSR count). The van der Waals surface area contributed by atoms with Crippen LogP contribution < -0.4 is 10.6 Å². The number of hydrogen-bond donors (Lipinski definition) is 2. The molecule has 0 spiro atoms. The normalized spacial score (nSPS) is 11.0. The summed E-state index contributed by atoms with van der Waals surface area (Å²) in [6, 6.07) is 5.63. The zero-order valence-electron chi connectivity index (χ0n) is 15.3. The number of amides is 2. The molecule has 0 aliphatic rings. The average molecular weight is 343 g/mol. The van der Waals surface area contributed by atoms with Crippen LogP contribution in [0, 0.1) is 6.92 Å². The monoisotopic (exact) mass is 343 g/mol. The number of nitrogens with zero attached hydrogens (tertiary/aromatic N) is 3. The highest BCUT2D eigenvalue weighted by molar-refractivity contribution is 6.04. The third-order valence-electron chi connectivity index (χ3n) is 3.62. The molecule has 1 aromatic heterocycles. The third kappa shape index (κ3) is 5.15. The van der Waals surface area contributed by atoms with Gasteiger partial charge in [0.1, 0.15) is 0 Å². The molecule has 25 heavy (non-hydrogen) atoms. The van der Waals surface area contributed by atoms with Crippen LogP contribution in [0.5, 0.6) is 0 Å². The van der Waals surface area contributed by atoms with Crippen LogP contribution in [0.25, 0.3) is 0 Å². The molecule has 2 aromatic rings. The van der Waals surface area contributed by atoms with Crippen molar-refractivity contribution in [3.63, 3.8) is 0 Å². The molecular weight excluding hydrogens is 318 g/mol. The molecule has 0 aliphatic carbocycles. The minimum Gasteiger partial charge on any atom is -0.325 e. The molecule has 7 nitrogen and oxygen atoms in total. The number of hydrogen-bond acceptors (Lipinski definition) is 4. The van der Waals surface area contributed by atoms with Gasteiger partial charge in [0.15, 0.2) is 0 Å². The predicted octanol–water partition coefficient (Wildman–Crippen LogP) is 2.52. The third-order valence-corrected chi connectivity index (χ3v) is 3.62. The Labute approximate surface area is 148 Å². The van der Waals surface area contributed by atoms with Crippen molar-refractivity contribution in [1.29, 1.82) is 0 Å². The number of aromatic nitrogens is 2. The first-order valence-electron chi connectivity index (χ1n) is 8.17. The molecule has 1 heterocycles. The summed E-state index contributed by atoms with van der Waals surface area (Å²) in [5, 5.41) is 9.88. The first kappa shape index (κ1) is 18.7. The fourth-order valence-corrected chi connectivity index (χ4v) is 2.25. The van der Waals surface area contributed by atoms with Crippen molar-refractivity contribution in [2.24, 2.45) is 0 Å². The molecule has 0 bridgehead atoms. The van der Waals surface area contributed by atoms with E-state index in [9.17, 15) is 9.59 Å². The summed E-state index contributed by atoms with van der Waals surface area (Å²) >= 11 is 0. The Morgan fingerprint density at radius 3 is 2.56 bits per heavy atom. The molecule has 0 saturated carbocycles. The van der Waals surface area contributed by atoms with Crippen molar-refractivity contribution in [2.45, 2.75) is 26.8 Å². The molecule has 134 valence electrons. The highest BCUT2D eigenvalue weighted by atomic mass is 16.2. The second-order valence-electron chi connectivity index (χ2n) is 6.57. The summed E-state index contributed by atoms with van der Waals surface area (Å²) in [4.78, 5) is 26.1. The summed E-state index contributed by atoms with van der Waals surface area (Å²) in [6.45, 7) is 6.19. The summed E-state index contributed by atoms with van der Waals surface area (Å²) in [5.41, 5.74) is 2.71. The Balaban J connectivity index is 2.11. The van der Waals surface area contributed by atoms with Gasteiger partial charge in [-0.2, -0.15) is 5.10 Å². The van der Waals surface area contributed by atoms with Crippen LogP contribution in [0.4, 0.5) is 11.4 Å². The maximum absolute atomic E-state index is 12.4. The Bertz CT molecular complexity index is 765. The maximum Gasteiger partial charge on any atom is 0.258 e. The van der Waals surface area contributed by atoms with Crippen LogP contribution in [-0.4, -0.2) is 47.1 Å². The fourth-order valence-electron chi connectivity index (χ4n) is 2.25. The topological polar surface area (TPSA) is 79.3 Å². The molecular formula is C18H25N5O2. The predicted molar refractivity (Wildman–Crippen MR) is 98.9 cm³/mol.